The van der Waals surface area contributed by atoms with E-state index in [1.54, 1.807) is 6.20 Å². The van der Waals surface area contributed by atoms with Crippen molar-refractivity contribution in [2.45, 2.75) is 58.9 Å². The smallest absolute Gasteiger partial charge is 0.259 e. The molecule has 0 unspecified atom stereocenters. The molecule has 8 nitrogen and oxygen atoms in total. The number of para-hydroxylation sites is 1. The summed E-state index contributed by atoms with van der Waals surface area (Å²) in [5, 5.41) is 10.1. The minimum absolute atomic E-state index is 0.104. The summed E-state index contributed by atoms with van der Waals surface area (Å²) in [6, 6.07) is 9.13. The van der Waals surface area contributed by atoms with Crippen molar-refractivity contribution in [3.63, 3.8) is 0 Å². The van der Waals surface area contributed by atoms with Crippen LogP contribution in [0, 0.1) is 20.8 Å². The number of hydrogen-bond donors (Lipinski definition) is 2. The molecule has 172 valence electrons. The number of amides is 2. The molecule has 0 radical (unpaired) electrons. The number of hydrogen-bond acceptors (Lipinski definition) is 5. The van der Waals surface area contributed by atoms with Crippen molar-refractivity contribution in [1.29, 1.82) is 0 Å². The first kappa shape index (κ1) is 22.6. The molecule has 33 heavy (non-hydrogen) atoms. The Morgan fingerprint density at radius 1 is 1.12 bits per heavy atom. The first-order valence-electron chi connectivity index (χ1n) is 11.4. The minimum Gasteiger partial charge on any atom is -0.332 e. The molecule has 1 saturated heterocycles. The average molecular weight is 447 g/mol. The van der Waals surface area contributed by atoms with Gasteiger partial charge in [-0.1, -0.05) is 18.2 Å². The van der Waals surface area contributed by atoms with Gasteiger partial charge in [-0.25, -0.2) is 9.97 Å². The van der Waals surface area contributed by atoms with Crippen LogP contribution in [0.3, 0.4) is 0 Å². The quantitative estimate of drug-likeness (QED) is 0.594. The second-order valence-corrected chi connectivity index (χ2v) is 8.56. The van der Waals surface area contributed by atoms with Crippen LogP contribution in [0.15, 0.2) is 36.5 Å². The maximum atomic E-state index is 13.1. The minimum atomic E-state index is -0.243. The molecule has 2 N–H and O–H groups in total. The van der Waals surface area contributed by atoms with Gasteiger partial charge in [-0.3, -0.25) is 14.7 Å². The predicted octanol–water partition coefficient (Wildman–Crippen LogP) is 4.06. The first-order valence-corrected chi connectivity index (χ1v) is 11.4. The number of carbonyl (C=O) groups is 2. The van der Waals surface area contributed by atoms with Crippen LogP contribution >= 0.6 is 0 Å². The molecule has 3 aromatic rings. The number of aromatic amines is 1. The molecule has 4 rings (SSSR count). The molecular formula is C25H30N6O2. The van der Waals surface area contributed by atoms with Gasteiger partial charge in [0.1, 0.15) is 0 Å². The highest BCUT2D eigenvalue weighted by Gasteiger charge is 2.30. The number of nitrogens with zero attached hydrogens (tertiary/aromatic N) is 4. The van der Waals surface area contributed by atoms with Crippen molar-refractivity contribution in [2.24, 2.45) is 0 Å². The Morgan fingerprint density at radius 3 is 2.61 bits per heavy atom. The Hall–Kier alpha value is -3.55. The molecule has 3 heterocycles. The molecule has 1 fully saturated rings. The number of H-pyrrole nitrogens is 1. The zero-order valence-corrected chi connectivity index (χ0v) is 19.4. The van der Waals surface area contributed by atoms with Gasteiger partial charge < -0.3 is 10.2 Å². The second kappa shape index (κ2) is 9.94. The molecule has 8 heteroatoms. The highest BCUT2D eigenvalue weighted by atomic mass is 16.2. The van der Waals surface area contributed by atoms with Crippen molar-refractivity contribution in [3.05, 3.63) is 70.6 Å². The molecule has 0 bridgehead atoms. The molecule has 0 aliphatic carbocycles. The van der Waals surface area contributed by atoms with E-state index in [9.17, 15) is 9.59 Å². The fraction of sp³-hybridized carbons (Fsp3) is 0.400. The number of likely N-dealkylation sites (tertiary alicyclic amines) is 1. The van der Waals surface area contributed by atoms with Crippen molar-refractivity contribution in [1.82, 2.24) is 25.1 Å². The van der Waals surface area contributed by atoms with Crippen LogP contribution in [-0.4, -0.2) is 43.4 Å². The van der Waals surface area contributed by atoms with Crippen LogP contribution in [0.25, 0.3) is 0 Å². The van der Waals surface area contributed by atoms with Crippen molar-refractivity contribution in [2.75, 3.05) is 11.9 Å². The third-order valence-corrected chi connectivity index (χ3v) is 6.27. The van der Waals surface area contributed by atoms with Crippen molar-refractivity contribution >= 4 is 17.5 Å². The SMILES string of the molecule is Cc1nc([C@@H]2CCCCN2C(=O)CCc2c(C)n[nH]c2C)ncc1C(=O)Nc1ccccc1. The molecular weight excluding hydrogens is 416 g/mol. The van der Waals surface area contributed by atoms with E-state index in [1.807, 2.05) is 56.0 Å². The summed E-state index contributed by atoms with van der Waals surface area (Å²) in [4.78, 5) is 36.9. The summed E-state index contributed by atoms with van der Waals surface area (Å²) in [7, 11) is 0. The number of piperidine rings is 1. The van der Waals surface area contributed by atoms with Gasteiger partial charge in [0.2, 0.25) is 5.91 Å². The van der Waals surface area contributed by atoms with E-state index < -0.39 is 0 Å². The van der Waals surface area contributed by atoms with Crippen LogP contribution in [0.4, 0.5) is 5.69 Å². The predicted molar refractivity (Wildman–Crippen MR) is 126 cm³/mol. The highest BCUT2D eigenvalue weighted by molar-refractivity contribution is 6.04. The molecule has 2 aromatic heterocycles. The standard InChI is InChI=1S/C25H30N6O2/c1-16-21(25(33)28-19-9-5-4-6-10-19)15-26-24(27-16)22-11-7-8-14-31(22)23(32)13-12-20-17(2)29-30-18(20)3/h4-6,9-10,15,22H,7-8,11-14H2,1-3H3,(H,28,33)(H,29,30)/t22-/m0/s1. The summed E-state index contributed by atoms with van der Waals surface area (Å²) >= 11 is 0. The van der Waals surface area contributed by atoms with E-state index in [0.717, 1.165) is 41.9 Å². The molecule has 1 aromatic carbocycles. The maximum Gasteiger partial charge on any atom is 0.259 e. The molecule has 0 saturated carbocycles. The van der Waals surface area contributed by atoms with Crippen LogP contribution in [0.2, 0.25) is 0 Å². The zero-order chi connectivity index (χ0) is 23.4. The fourth-order valence-electron chi connectivity index (χ4n) is 4.40. The number of rotatable bonds is 6. The number of benzene rings is 1. The number of aryl methyl sites for hydroxylation is 3. The molecule has 1 aliphatic rings. The largest absolute Gasteiger partial charge is 0.332 e. The molecule has 2 amide bonds. The topological polar surface area (TPSA) is 104 Å². The van der Waals surface area contributed by atoms with E-state index in [2.05, 4.69) is 25.5 Å². The van der Waals surface area contributed by atoms with Crippen molar-refractivity contribution in [3.8, 4) is 0 Å². The van der Waals surface area contributed by atoms with Gasteiger partial charge in [0.05, 0.1) is 23.0 Å². The molecule has 1 aliphatic heterocycles. The maximum absolute atomic E-state index is 13.1. The average Bonchev–Trinajstić information content (AvgIpc) is 3.15. The Morgan fingerprint density at radius 2 is 1.91 bits per heavy atom. The summed E-state index contributed by atoms with van der Waals surface area (Å²) in [5.41, 5.74) is 4.83. The van der Waals surface area contributed by atoms with E-state index in [-0.39, 0.29) is 17.9 Å². The number of aromatic nitrogens is 4. The fourth-order valence-corrected chi connectivity index (χ4v) is 4.40. The lowest BCUT2D eigenvalue weighted by Crippen LogP contribution is -2.39. The Bertz CT molecular complexity index is 1120. The van der Waals surface area contributed by atoms with E-state index >= 15 is 0 Å². The third-order valence-electron chi connectivity index (χ3n) is 6.27. The lowest BCUT2D eigenvalue weighted by molar-refractivity contribution is -0.135. The first-order chi connectivity index (χ1) is 15.9. The van der Waals surface area contributed by atoms with Crippen LogP contribution in [-0.2, 0) is 11.2 Å². The summed E-state index contributed by atoms with van der Waals surface area (Å²) < 4.78 is 0. The van der Waals surface area contributed by atoms with Gasteiger partial charge in [-0.05, 0) is 64.2 Å². The Labute approximate surface area is 193 Å². The van der Waals surface area contributed by atoms with E-state index in [0.29, 0.717) is 36.5 Å². The Balaban J connectivity index is 1.47. The number of carbonyl (C=O) groups excluding carboxylic acids is 2. The van der Waals surface area contributed by atoms with Gasteiger partial charge in [-0.15, -0.1) is 0 Å². The third kappa shape index (κ3) is 5.10. The van der Waals surface area contributed by atoms with Gasteiger partial charge in [-0.2, -0.15) is 5.10 Å². The van der Waals surface area contributed by atoms with Gasteiger partial charge in [0.25, 0.3) is 5.91 Å². The Kier molecular flexibility index (Phi) is 6.82. The number of nitrogens with one attached hydrogen (secondary N) is 2. The molecule has 0 spiro atoms. The summed E-state index contributed by atoms with van der Waals surface area (Å²) in [6.45, 7) is 6.45. The van der Waals surface area contributed by atoms with Gasteiger partial charge in [0.15, 0.2) is 5.82 Å². The van der Waals surface area contributed by atoms with Crippen LogP contribution in [0.5, 0.6) is 0 Å². The van der Waals surface area contributed by atoms with Gasteiger partial charge >= 0.3 is 0 Å². The summed E-state index contributed by atoms with van der Waals surface area (Å²) in [5.74, 6) is 0.465. The zero-order valence-electron chi connectivity index (χ0n) is 19.4. The van der Waals surface area contributed by atoms with E-state index in [1.165, 1.54) is 0 Å². The van der Waals surface area contributed by atoms with Crippen molar-refractivity contribution < 1.29 is 9.59 Å². The van der Waals surface area contributed by atoms with Gasteiger partial charge in [0, 0.05) is 30.5 Å². The molecule has 1 atom stereocenters. The monoisotopic (exact) mass is 446 g/mol. The summed E-state index contributed by atoms with van der Waals surface area (Å²) in [6.07, 6.45) is 5.48. The van der Waals surface area contributed by atoms with Crippen LogP contribution < -0.4 is 5.32 Å². The highest BCUT2D eigenvalue weighted by Crippen LogP contribution is 2.30. The van der Waals surface area contributed by atoms with Crippen LogP contribution in [0.1, 0.15) is 70.6 Å². The number of anilines is 1. The normalized spacial score (nSPS) is 16.0. The lowest BCUT2D eigenvalue weighted by Gasteiger charge is -2.35. The second-order valence-electron chi connectivity index (χ2n) is 8.56. The lowest BCUT2D eigenvalue weighted by atomic mass is 9.99. The van der Waals surface area contributed by atoms with E-state index in [4.69, 9.17) is 0 Å².